The lowest BCUT2D eigenvalue weighted by molar-refractivity contribution is -0.133. The van der Waals surface area contributed by atoms with Crippen LogP contribution in [0, 0.1) is 13.8 Å². The van der Waals surface area contributed by atoms with E-state index in [1.54, 1.807) is 10.9 Å². The molecule has 0 atom stereocenters. The Hall–Kier alpha value is -1.82. The number of hydrogen-bond acceptors (Lipinski definition) is 4. The maximum Gasteiger partial charge on any atom is 0.313 e. The van der Waals surface area contributed by atoms with Crippen molar-refractivity contribution in [1.29, 1.82) is 0 Å². The van der Waals surface area contributed by atoms with Gasteiger partial charge >= 0.3 is 5.97 Å². The fraction of sp³-hybridized carbons (Fsp3) is 0.250. The summed E-state index contributed by atoms with van der Waals surface area (Å²) in [5, 5.41) is 13.8. The highest BCUT2D eigenvalue weighted by atomic mass is 32.2. The Labute approximate surface area is 109 Å². The predicted octanol–water partition coefficient (Wildman–Crippen LogP) is 2.06. The van der Waals surface area contributed by atoms with E-state index in [-0.39, 0.29) is 5.75 Å². The van der Waals surface area contributed by atoms with Crippen LogP contribution in [0.15, 0.2) is 29.4 Å². The van der Waals surface area contributed by atoms with E-state index in [0.717, 1.165) is 16.3 Å². The second-order valence-electron chi connectivity index (χ2n) is 3.91. The Bertz CT molecular complexity index is 580. The Balaban J connectivity index is 2.35. The number of thioether (sulfide) groups is 1. The highest BCUT2D eigenvalue weighted by Crippen LogP contribution is 2.22. The Morgan fingerprint density at radius 1 is 1.44 bits per heavy atom. The molecule has 0 saturated heterocycles. The minimum Gasteiger partial charge on any atom is -0.481 e. The van der Waals surface area contributed by atoms with Crippen molar-refractivity contribution in [2.75, 3.05) is 5.75 Å². The van der Waals surface area contributed by atoms with Gasteiger partial charge in [0.1, 0.15) is 5.03 Å². The first-order chi connectivity index (χ1) is 8.56. The smallest absolute Gasteiger partial charge is 0.313 e. The fourth-order valence-electron chi connectivity index (χ4n) is 1.51. The van der Waals surface area contributed by atoms with Gasteiger partial charge in [-0.3, -0.25) is 4.79 Å². The van der Waals surface area contributed by atoms with Gasteiger partial charge in [0.15, 0.2) is 5.82 Å². The molecule has 0 bridgehead atoms. The molecule has 1 N–H and O–H groups in total. The van der Waals surface area contributed by atoms with E-state index >= 15 is 0 Å². The quantitative estimate of drug-likeness (QED) is 0.855. The topological polar surface area (TPSA) is 68.0 Å². The summed E-state index contributed by atoms with van der Waals surface area (Å²) in [5.74, 6) is -0.129. The number of hydrogen-bond donors (Lipinski definition) is 1. The lowest BCUT2D eigenvalue weighted by atomic mass is 10.3. The summed E-state index contributed by atoms with van der Waals surface area (Å²) in [6.45, 7) is 3.85. The molecule has 2 aromatic rings. The standard InChI is InChI=1S/C12H13N3O2S/c1-8-3-4-13-10(5-8)15-11(6-9(2)14-15)18-7-12(16)17/h3-6H,7H2,1-2H3,(H,16,17). The zero-order valence-corrected chi connectivity index (χ0v) is 10.9. The molecule has 0 fully saturated rings. The summed E-state index contributed by atoms with van der Waals surface area (Å²) < 4.78 is 1.68. The molecule has 0 aliphatic heterocycles. The number of carboxylic acid groups (broad SMARTS) is 1. The van der Waals surface area contributed by atoms with E-state index in [4.69, 9.17) is 5.11 Å². The molecular weight excluding hydrogens is 250 g/mol. The molecule has 0 unspecified atom stereocenters. The minimum atomic E-state index is -0.845. The number of nitrogens with zero attached hydrogens (tertiary/aromatic N) is 3. The maximum absolute atomic E-state index is 10.6. The average molecular weight is 263 g/mol. The molecule has 0 radical (unpaired) electrons. The third-order valence-corrected chi connectivity index (χ3v) is 3.24. The van der Waals surface area contributed by atoms with Gasteiger partial charge in [-0.1, -0.05) is 11.8 Å². The monoisotopic (exact) mass is 263 g/mol. The highest BCUT2D eigenvalue weighted by Gasteiger charge is 2.10. The van der Waals surface area contributed by atoms with Gasteiger partial charge in [-0.05, 0) is 37.6 Å². The molecule has 2 rings (SSSR count). The van der Waals surface area contributed by atoms with Crippen LogP contribution in [0.1, 0.15) is 11.3 Å². The van der Waals surface area contributed by atoms with Gasteiger partial charge in [-0.15, -0.1) is 0 Å². The summed E-state index contributed by atoms with van der Waals surface area (Å²) >= 11 is 1.24. The van der Waals surface area contributed by atoms with Crippen molar-refractivity contribution < 1.29 is 9.90 Å². The normalized spacial score (nSPS) is 10.6. The molecule has 0 aromatic carbocycles. The van der Waals surface area contributed by atoms with E-state index in [2.05, 4.69) is 10.1 Å². The third-order valence-electron chi connectivity index (χ3n) is 2.26. The number of aryl methyl sites for hydroxylation is 2. The van der Waals surface area contributed by atoms with E-state index in [9.17, 15) is 4.79 Å². The third kappa shape index (κ3) is 2.89. The zero-order valence-electron chi connectivity index (χ0n) is 10.1. The van der Waals surface area contributed by atoms with Crippen LogP contribution < -0.4 is 0 Å². The first kappa shape index (κ1) is 12.6. The van der Waals surface area contributed by atoms with Crippen LogP contribution in [0.25, 0.3) is 5.82 Å². The second-order valence-corrected chi connectivity index (χ2v) is 4.91. The molecule has 0 saturated carbocycles. The van der Waals surface area contributed by atoms with E-state index in [1.807, 2.05) is 32.0 Å². The average Bonchev–Trinajstić information content (AvgIpc) is 2.68. The van der Waals surface area contributed by atoms with E-state index < -0.39 is 5.97 Å². The van der Waals surface area contributed by atoms with Gasteiger partial charge in [0, 0.05) is 6.20 Å². The maximum atomic E-state index is 10.6. The van der Waals surface area contributed by atoms with Crippen LogP contribution in [0.5, 0.6) is 0 Å². The first-order valence-corrected chi connectivity index (χ1v) is 6.39. The van der Waals surface area contributed by atoms with Gasteiger partial charge in [0.2, 0.25) is 0 Å². The predicted molar refractivity (Wildman–Crippen MR) is 69.2 cm³/mol. The van der Waals surface area contributed by atoms with Crippen molar-refractivity contribution in [3.05, 3.63) is 35.7 Å². The van der Waals surface area contributed by atoms with Crippen LogP contribution in [0.2, 0.25) is 0 Å². The molecule has 5 nitrogen and oxygen atoms in total. The van der Waals surface area contributed by atoms with Crippen molar-refractivity contribution in [1.82, 2.24) is 14.8 Å². The van der Waals surface area contributed by atoms with Gasteiger partial charge in [-0.2, -0.15) is 5.10 Å². The summed E-state index contributed by atoms with van der Waals surface area (Å²) in [4.78, 5) is 14.9. The molecule has 0 aliphatic rings. The van der Waals surface area contributed by atoms with E-state index in [0.29, 0.717) is 5.82 Å². The Morgan fingerprint density at radius 3 is 2.89 bits per heavy atom. The summed E-state index contributed by atoms with van der Waals surface area (Å²) in [7, 11) is 0. The largest absolute Gasteiger partial charge is 0.481 e. The zero-order chi connectivity index (χ0) is 13.1. The fourth-order valence-corrected chi connectivity index (χ4v) is 2.30. The molecule has 6 heteroatoms. The summed E-state index contributed by atoms with van der Waals surface area (Å²) in [6, 6.07) is 5.68. The van der Waals surface area contributed by atoms with Crippen molar-refractivity contribution in [2.45, 2.75) is 18.9 Å². The Kier molecular flexibility index (Phi) is 3.66. The molecular formula is C12H13N3O2S. The number of pyridine rings is 1. The number of aliphatic carboxylic acids is 1. The number of carboxylic acids is 1. The van der Waals surface area contributed by atoms with Gasteiger partial charge in [-0.25, -0.2) is 9.67 Å². The van der Waals surface area contributed by atoms with Crippen molar-refractivity contribution in [3.8, 4) is 5.82 Å². The highest BCUT2D eigenvalue weighted by molar-refractivity contribution is 7.99. The van der Waals surface area contributed by atoms with Crippen LogP contribution in [0.3, 0.4) is 0 Å². The molecule has 2 aromatic heterocycles. The van der Waals surface area contributed by atoms with Gasteiger partial charge in [0.25, 0.3) is 0 Å². The number of carbonyl (C=O) groups is 1. The van der Waals surface area contributed by atoms with Crippen LogP contribution in [-0.4, -0.2) is 31.6 Å². The molecule has 0 aliphatic carbocycles. The second kappa shape index (κ2) is 5.22. The molecule has 0 spiro atoms. The first-order valence-electron chi connectivity index (χ1n) is 5.40. The minimum absolute atomic E-state index is 0.0109. The summed E-state index contributed by atoms with van der Waals surface area (Å²) in [5.41, 5.74) is 1.92. The molecule has 2 heterocycles. The van der Waals surface area contributed by atoms with Crippen LogP contribution in [0.4, 0.5) is 0 Å². The number of rotatable bonds is 4. The molecule has 94 valence electrons. The summed E-state index contributed by atoms with van der Waals surface area (Å²) in [6.07, 6.45) is 1.72. The van der Waals surface area contributed by atoms with Crippen LogP contribution in [-0.2, 0) is 4.79 Å². The SMILES string of the molecule is Cc1ccnc(-n2nc(C)cc2SCC(=O)O)c1. The molecule has 0 amide bonds. The molecule has 18 heavy (non-hydrogen) atoms. The number of aromatic nitrogens is 3. The lowest BCUT2D eigenvalue weighted by Gasteiger charge is -2.05. The van der Waals surface area contributed by atoms with E-state index in [1.165, 1.54) is 11.8 Å². The van der Waals surface area contributed by atoms with Crippen molar-refractivity contribution in [3.63, 3.8) is 0 Å². The van der Waals surface area contributed by atoms with Gasteiger partial charge < -0.3 is 5.11 Å². The van der Waals surface area contributed by atoms with Gasteiger partial charge in [0.05, 0.1) is 11.4 Å². The van der Waals surface area contributed by atoms with Crippen molar-refractivity contribution >= 4 is 17.7 Å². The Morgan fingerprint density at radius 2 is 2.22 bits per heavy atom. The van der Waals surface area contributed by atoms with Crippen molar-refractivity contribution in [2.24, 2.45) is 0 Å². The van der Waals surface area contributed by atoms with Crippen LogP contribution >= 0.6 is 11.8 Å². The lowest BCUT2D eigenvalue weighted by Crippen LogP contribution is -2.04.